The molecule has 3 rings (SSSR count). The first-order valence-corrected chi connectivity index (χ1v) is 9.79. The molecule has 0 saturated heterocycles. The lowest BCUT2D eigenvalue weighted by Crippen LogP contribution is -2.09. The fourth-order valence-electron chi connectivity index (χ4n) is 2.82. The van der Waals surface area contributed by atoms with E-state index >= 15 is 0 Å². The van der Waals surface area contributed by atoms with Gasteiger partial charge in [0.1, 0.15) is 11.4 Å². The normalized spacial score (nSPS) is 11.6. The molecule has 2 N–H and O–H groups in total. The zero-order valence-electron chi connectivity index (χ0n) is 18.7. The quantitative estimate of drug-likeness (QED) is 0.223. The highest BCUT2D eigenvalue weighted by Gasteiger charge is 2.22. The second-order valence-electron chi connectivity index (χ2n) is 7.01. The van der Waals surface area contributed by atoms with Gasteiger partial charge in [-0.15, -0.1) is 0 Å². The van der Waals surface area contributed by atoms with Gasteiger partial charge in [0, 0.05) is 12.1 Å². The van der Waals surface area contributed by atoms with Crippen LogP contribution in [-0.4, -0.2) is 41.4 Å². The SMILES string of the molecule is CC(=NNc1ccc([N+](=O)[O-])cc1[N+](=O)[O-])c1nonc1C(C)=NNc1ccc([N+](=O)[O-])cc1[N+](=O)[O-]. The zero-order valence-corrected chi connectivity index (χ0v) is 18.7. The molecular weight excluding hydrogens is 500 g/mol. The van der Waals surface area contributed by atoms with Crippen LogP contribution in [0.25, 0.3) is 0 Å². The van der Waals surface area contributed by atoms with E-state index in [9.17, 15) is 40.5 Å². The van der Waals surface area contributed by atoms with Crippen LogP contribution in [0.3, 0.4) is 0 Å². The van der Waals surface area contributed by atoms with Gasteiger partial charge in [0.15, 0.2) is 11.4 Å². The molecule has 1 aromatic heterocycles. The van der Waals surface area contributed by atoms with E-state index in [1.807, 2.05) is 0 Å². The largest absolute Gasteiger partial charge is 0.301 e. The van der Waals surface area contributed by atoms with Gasteiger partial charge in [-0.2, -0.15) is 10.2 Å². The van der Waals surface area contributed by atoms with Gasteiger partial charge >= 0.3 is 11.4 Å². The first-order valence-electron chi connectivity index (χ1n) is 9.79. The molecule has 0 fully saturated rings. The van der Waals surface area contributed by atoms with Gasteiger partial charge in [-0.25, -0.2) is 4.63 Å². The Balaban J connectivity index is 1.85. The molecule has 0 radical (unpaired) electrons. The number of nitro groups is 4. The third-order valence-corrected chi connectivity index (χ3v) is 4.64. The maximum absolute atomic E-state index is 11.3. The summed E-state index contributed by atoms with van der Waals surface area (Å²) < 4.78 is 4.72. The number of hydrogen-bond donors (Lipinski definition) is 2. The van der Waals surface area contributed by atoms with Gasteiger partial charge in [-0.3, -0.25) is 51.3 Å². The van der Waals surface area contributed by atoms with Crippen molar-refractivity contribution >= 4 is 45.5 Å². The molecule has 1 heterocycles. The fraction of sp³-hybridized carbons (Fsp3) is 0.111. The van der Waals surface area contributed by atoms with Crippen molar-refractivity contribution < 1.29 is 24.3 Å². The van der Waals surface area contributed by atoms with Crippen molar-refractivity contribution in [2.75, 3.05) is 10.9 Å². The van der Waals surface area contributed by atoms with E-state index in [0.29, 0.717) is 0 Å². The van der Waals surface area contributed by atoms with Crippen molar-refractivity contribution in [1.82, 2.24) is 10.3 Å². The van der Waals surface area contributed by atoms with Crippen LogP contribution in [0.2, 0.25) is 0 Å². The summed E-state index contributed by atoms with van der Waals surface area (Å²) in [4.78, 5) is 41.1. The number of non-ortho nitro benzene ring substituents is 2. The Morgan fingerprint density at radius 2 is 1.08 bits per heavy atom. The van der Waals surface area contributed by atoms with Crippen LogP contribution in [0.15, 0.2) is 51.2 Å². The maximum Gasteiger partial charge on any atom is 0.301 e. The number of aromatic nitrogens is 2. The number of nitrogens with zero attached hydrogens (tertiary/aromatic N) is 8. The van der Waals surface area contributed by atoms with Crippen LogP contribution >= 0.6 is 0 Å². The third kappa shape index (κ3) is 5.79. The van der Waals surface area contributed by atoms with E-state index < -0.39 is 42.4 Å². The van der Waals surface area contributed by atoms with Gasteiger partial charge in [0.25, 0.3) is 11.4 Å². The highest BCUT2D eigenvalue weighted by molar-refractivity contribution is 6.09. The Kier molecular flexibility index (Phi) is 7.36. The molecule has 0 aliphatic heterocycles. The second-order valence-corrected chi connectivity index (χ2v) is 7.01. The molecule has 0 saturated carbocycles. The predicted molar refractivity (Wildman–Crippen MR) is 125 cm³/mol. The first kappa shape index (κ1) is 25.7. The summed E-state index contributed by atoms with van der Waals surface area (Å²) in [5.41, 5.74) is 2.83. The highest BCUT2D eigenvalue weighted by Crippen LogP contribution is 2.30. The van der Waals surface area contributed by atoms with Gasteiger partial charge in [-0.1, -0.05) is 0 Å². The summed E-state index contributed by atoms with van der Waals surface area (Å²) in [6, 6.07) is 5.89. The molecule has 37 heavy (non-hydrogen) atoms. The standard InChI is InChI=1S/C18H14N10O9/c1-9(19-21-13-5-3-11(25(29)30)7-15(13)27(33)34)17-18(24-37-23-17)10(2)20-22-14-6-4-12(26(31)32)8-16(14)28(35)36/h3-8,21-22H,1-2H3. The minimum Gasteiger partial charge on any atom is -0.271 e. The Morgan fingerprint density at radius 1 is 0.703 bits per heavy atom. The minimum atomic E-state index is -0.816. The molecule has 0 aliphatic rings. The molecule has 0 aliphatic carbocycles. The molecule has 0 unspecified atom stereocenters. The van der Waals surface area contributed by atoms with Crippen molar-refractivity contribution in [2.45, 2.75) is 13.8 Å². The molecule has 0 amide bonds. The van der Waals surface area contributed by atoms with E-state index in [-0.39, 0.29) is 34.2 Å². The Morgan fingerprint density at radius 3 is 1.41 bits per heavy atom. The summed E-state index contributed by atoms with van der Waals surface area (Å²) in [6.07, 6.45) is 0. The van der Waals surface area contributed by atoms with Crippen molar-refractivity contribution in [3.8, 4) is 0 Å². The summed E-state index contributed by atoms with van der Waals surface area (Å²) in [6.45, 7) is 2.91. The van der Waals surface area contributed by atoms with Crippen molar-refractivity contribution in [3.05, 3.63) is 88.2 Å². The lowest BCUT2D eigenvalue weighted by Gasteiger charge is -2.05. The summed E-state index contributed by atoms with van der Waals surface area (Å²) in [5, 5.41) is 59.7. The van der Waals surface area contributed by atoms with Crippen LogP contribution in [-0.2, 0) is 0 Å². The number of anilines is 2. The van der Waals surface area contributed by atoms with Crippen molar-refractivity contribution in [3.63, 3.8) is 0 Å². The topological polar surface area (TPSA) is 260 Å². The van der Waals surface area contributed by atoms with Crippen LogP contribution in [0.5, 0.6) is 0 Å². The second kappa shape index (κ2) is 10.6. The van der Waals surface area contributed by atoms with E-state index in [1.165, 1.54) is 13.8 Å². The predicted octanol–water partition coefficient (Wildman–Crippen LogP) is 3.37. The van der Waals surface area contributed by atoms with E-state index in [1.54, 1.807) is 0 Å². The molecule has 190 valence electrons. The summed E-state index contributed by atoms with van der Waals surface area (Å²) in [5.74, 6) is 0. The van der Waals surface area contributed by atoms with E-state index in [0.717, 1.165) is 36.4 Å². The fourth-order valence-corrected chi connectivity index (χ4v) is 2.82. The first-order chi connectivity index (χ1) is 17.5. The highest BCUT2D eigenvalue weighted by atomic mass is 16.6. The molecule has 2 aromatic carbocycles. The Bertz CT molecular complexity index is 1370. The maximum atomic E-state index is 11.3. The number of benzene rings is 2. The number of nitrogens with one attached hydrogen (secondary N) is 2. The smallest absolute Gasteiger partial charge is 0.271 e. The van der Waals surface area contributed by atoms with Gasteiger partial charge < -0.3 is 0 Å². The lowest BCUT2D eigenvalue weighted by atomic mass is 10.2. The molecular formula is C18H14N10O9. The number of rotatable bonds is 10. The van der Waals surface area contributed by atoms with Crippen LogP contribution < -0.4 is 10.9 Å². The van der Waals surface area contributed by atoms with E-state index in [4.69, 9.17) is 4.63 Å². The monoisotopic (exact) mass is 514 g/mol. The van der Waals surface area contributed by atoms with Gasteiger partial charge in [0.05, 0.1) is 43.2 Å². The third-order valence-electron chi connectivity index (χ3n) is 4.64. The van der Waals surface area contributed by atoms with Crippen molar-refractivity contribution in [1.29, 1.82) is 0 Å². The van der Waals surface area contributed by atoms with Gasteiger partial charge in [-0.05, 0) is 36.3 Å². The number of nitro benzene ring substituents is 4. The van der Waals surface area contributed by atoms with E-state index in [2.05, 4.69) is 31.4 Å². The summed E-state index contributed by atoms with van der Waals surface area (Å²) in [7, 11) is 0. The molecule has 0 spiro atoms. The zero-order chi connectivity index (χ0) is 27.3. The minimum absolute atomic E-state index is 0.0540. The molecule has 0 atom stereocenters. The molecule has 0 bridgehead atoms. The average Bonchev–Trinajstić information content (AvgIpc) is 3.35. The number of hydrazone groups is 2. The Labute approximate surface area is 204 Å². The van der Waals surface area contributed by atoms with Crippen LogP contribution in [0.1, 0.15) is 25.2 Å². The molecule has 19 nitrogen and oxygen atoms in total. The molecule has 3 aromatic rings. The number of hydrogen-bond acceptors (Lipinski definition) is 15. The summed E-state index contributed by atoms with van der Waals surface area (Å²) >= 11 is 0. The lowest BCUT2D eigenvalue weighted by molar-refractivity contribution is -0.393. The van der Waals surface area contributed by atoms with Crippen molar-refractivity contribution in [2.24, 2.45) is 10.2 Å². The average molecular weight is 514 g/mol. The van der Waals surface area contributed by atoms with Gasteiger partial charge in [0.2, 0.25) is 0 Å². The molecule has 19 heteroatoms. The Hall–Kier alpha value is -5.88. The van der Waals surface area contributed by atoms with Crippen LogP contribution in [0.4, 0.5) is 34.1 Å². The van der Waals surface area contributed by atoms with Crippen LogP contribution in [0, 0.1) is 40.5 Å².